The lowest BCUT2D eigenvalue weighted by Crippen LogP contribution is -2.43. The number of nitrogens with zero attached hydrogens (tertiary/aromatic N) is 1. The van der Waals surface area contributed by atoms with Crippen molar-refractivity contribution in [1.29, 1.82) is 0 Å². The molecule has 1 aromatic heterocycles. The van der Waals surface area contributed by atoms with Crippen LogP contribution in [0.15, 0.2) is 42.7 Å². The number of carbonyl (C=O) groups excluding carboxylic acids is 1. The van der Waals surface area contributed by atoms with Crippen LogP contribution < -0.4 is 10.1 Å². The Kier molecular flexibility index (Phi) is 8.89. The Hall–Kier alpha value is -2.40. The number of rotatable bonds is 14. The Bertz CT molecular complexity index is 839. The lowest BCUT2D eigenvalue weighted by atomic mass is 9.85. The van der Waals surface area contributed by atoms with Crippen molar-refractivity contribution in [1.82, 2.24) is 10.3 Å². The van der Waals surface area contributed by atoms with Gasteiger partial charge in [0.05, 0.1) is 18.8 Å². The number of nitrogens with one attached hydrogen (secondary N) is 1. The van der Waals surface area contributed by atoms with Gasteiger partial charge in [0.15, 0.2) is 0 Å². The summed E-state index contributed by atoms with van der Waals surface area (Å²) >= 11 is 0. The molecular formula is C26H36N2O3. The lowest BCUT2D eigenvalue weighted by Gasteiger charge is -2.29. The van der Waals surface area contributed by atoms with Crippen molar-refractivity contribution in [3.05, 3.63) is 59.4 Å². The van der Waals surface area contributed by atoms with Gasteiger partial charge in [0.25, 0.3) is 5.91 Å². The molecule has 2 N–H and O–H groups in total. The highest BCUT2D eigenvalue weighted by atomic mass is 16.5. The third-order valence-electron chi connectivity index (χ3n) is 6.18. The van der Waals surface area contributed by atoms with E-state index in [1.165, 1.54) is 57.8 Å². The van der Waals surface area contributed by atoms with Crippen LogP contribution in [0.1, 0.15) is 92.6 Å². The molecule has 168 valence electrons. The first-order valence-corrected chi connectivity index (χ1v) is 11.8. The smallest absolute Gasteiger partial charge is 0.254 e. The van der Waals surface area contributed by atoms with Gasteiger partial charge in [-0.05, 0) is 30.2 Å². The third kappa shape index (κ3) is 5.85. The number of hydrogen-bond acceptors (Lipinski definition) is 4. The minimum Gasteiger partial charge on any atom is -0.494 e. The van der Waals surface area contributed by atoms with Gasteiger partial charge in [0.2, 0.25) is 0 Å². The second-order valence-electron chi connectivity index (χ2n) is 8.50. The number of ether oxygens (including phenoxy) is 1. The first kappa shape index (κ1) is 23.3. The summed E-state index contributed by atoms with van der Waals surface area (Å²) in [4.78, 5) is 16.4. The summed E-state index contributed by atoms with van der Waals surface area (Å²) in [7, 11) is 0. The topological polar surface area (TPSA) is 71.5 Å². The summed E-state index contributed by atoms with van der Waals surface area (Å²) in [6.45, 7) is 2.71. The summed E-state index contributed by atoms with van der Waals surface area (Å²) in [5, 5.41) is 13.2. The Labute approximate surface area is 186 Å². The maximum absolute atomic E-state index is 12.4. The molecule has 0 spiro atoms. The zero-order valence-electron chi connectivity index (χ0n) is 18.7. The van der Waals surface area contributed by atoms with Crippen molar-refractivity contribution in [3.8, 4) is 5.75 Å². The second-order valence-corrected chi connectivity index (χ2v) is 8.50. The standard InChI is InChI=1S/C26H36N2O3/c1-2-3-4-5-6-7-8-9-10-11-17-31-22-14-12-13-21(18-22)26(20-29)24-15-16-27-19-23(24)25(30)28-26/h12-16,18-19,29H,2-11,17,20H2,1H3,(H,28,30). The van der Waals surface area contributed by atoms with Crippen molar-refractivity contribution in [3.63, 3.8) is 0 Å². The Morgan fingerprint density at radius 3 is 2.42 bits per heavy atom. The monoisotopic (exact) mass is 424 g/mol. The molecule has 1 aromatic carbocycles. The van der Waals surface area contributed by atoms with Gasteiger partial charge >= 0.3 is 0 Å². The number of aliphatic hydroxyl groups is 1. The van der Waals surface area contributed by atoms with Crippen LogP contribution >= 0.6 is 0 Å². The van der Waals surface area contributed by atoms with Gasteiger partial charge in [0.1, 0.15) is 11.3 Å². The van der Waals surface area contributed by atoms with Gasteiger partial charge in [-0.25, -0.2) is 0 Å². The summed E-state index contributed by atoms with van der Waals surface area (Å²) in [6.07, 6.45) is 16.2. The Morgan fingerprint density at radius 1 is 1.00 bits per heavy atom. The highest BCUT2D eigenvalue weighted by Crippen LogP contribution is 2.37. The van der Waals surface area contributed by atoms with Crippen molar-refractivity contribution in [2.75, 3.05) is 13.2 Å². The fourth-order valence-corrected chi connectivity index (χ4v) is 4.35. The first-order valence-electron chi connectivity index (χ1n) is 11.8. The van der Waals surface area contributed by atoms with Crippen LogP contribution in [0, 0.1) is 0 Å². The number of pyridine rings is 1. The molecule has 5 heteroatoms. The molecule has 0 saturated carbocycles. The molecule has 3 rings (SSSR count). The highest BCUT2D eigenvalue weighted by Gasteiger charge is 2.44. The fraction of sp³-hybridized carbons (Fsp3) is 0.538. The number of fused-ring (bicyclic) bond motifs is 1. The lowest BCUT2D eigenvalue weighted by molar-refractivity contribution is 0.0910. The normalized spacial score (nSPS) is 17.4. The quantitative estimate of drug-likeness (QED) is 0.401. The number of hydrogen-bond donors (Lipinski definition) is 2. The number of benzene rings is 1. The average Bonchev–Trinajstić information content (AvgIpc) is 3.11. The number of unbranched alkanes of at least 4 members (excludes halogenated alkanes) is 9. The number of aromatic nitrogens is 1. The van der Waals surface area contributed by atoms with Gasteiger partial charge in [-0.3, -0.25) is 9.78 Å². The van der Waals surface area contributed by atoms with Gasteiger partial charge in [-0.2, -0.15) is 0 Å². The first-order chi connectivity index (χ1) is 15.2. The minimum absolute atomic E-state index is 0.214. The summed E-state index contributed by atoms with van der Waals surface area (Å²) < 4.78 is 5.98. The summed E-state index contributed by atoms with van der Waals surface area (Å²) in [5.74, 6) is 0.548. The maximum Gasteiger partial charge on any atom is 0.254 e. The second kappa shape index (κ2) is 11.8. The molecule has 0 fully saturated rings. The van der Waals surface area contributed by atoms with Gasteiger partial charge < -0.3 is 15.2 Å². The molecule has 0 saturated heterocycles. The van der Waals surface area contributed by atoms with Crippen LogP contribution in [0.4, 0.5) is 0 Å². The van der Waals surface area contributed by atoms with Crippen molar-refractivity contribution in [2.24, 2.45) is 0 Å². The molecule has 1 atom stereocenters. The molecule has 31 heavy (non-hydrogen) atoms. The van der Waals surface area contributed by atoms with Crippen LogP contribution in [0.2, 0.25) is 0 Å². The van der Waals surface area contributed by atoms with Crippen LogP contribution in [0.5, 0.6) is 5.75 Å². The van der Waals surface area contributed by atoms with Gasteiger partial charge in [0, 0.05) is 18.0 Å². The SMILES string of the molecule is CCCCCCCCCCCCOc1cccc(C2(CO)NC(=O)c3cnccc32)c1. The van der Waals surface area contributed by atoms with Gasteiger partial charge in [-0.15, -0.1) is 0 Å². The van der Waals surface area contributed by atoms with E-state index in [-0.39, 0.29) is 12.5 Å². The predicted molar refractivity (Wildman–Crippen MR) is 123 cm³/mol. The largest absolute Gasteiger partial charge is 0.494 e. The fourth-order valence-electron chi connectivity index (χ4n) is 4.35. The molecule has 1 amide bonds. The molecule has 0 bridgehead atoms. The number of aliphatic hydroxyl groups excluding tert-OH is 1. The number of carbonyl (C=O) groups is 1. The summed E-state index contributed by atoms with van der Waals surface area (Å²) in [5.41, 5.74) is 1.12. The Balaban J connectivity index is 1.46. The van der Waals surface area contributed by atoms with Crippen LogP contribution in [-0.4, -0.2) is 29.2 Å². The molecule has 0 aliphatic carbocycles. The van der Waals surface area contributed by atoms with Gasteiger partial charge in [-0.1, -0.05) is 76.8 Å². The van der Waals surface area contributed by atoms with Crippen molar-refractivity contribution >= 4 is 5.91 Å². The van der Waals surface area contributed by atoms with Crippen LogP contribution in [-0.2, 0) is 5.54 Å². The molecule has 2 heterocycles. The van der Waals surface area contributed by atoms with E-state index in [4.69, 9.17) is 4.74 Å². The van der Waals surface area contributed by atoms with E-state index in [0.29, 0.717) is 12.2 Å². The molecule has 1 aliphatic rings. The van der Waals surface area contributed by atoms with Crippen molar-refractivity contribution in [2.45, 2.75) is 76.7 Å². The molecule has 1 unspecified atom stereocenters. The highest BCUT2D eigenvalue weighted by molar-refractivity contribution is 6.00. The molecule has 2 aromatic rings. The molecule has 5 nitrogen and oxygen atoms in total. The third-order valence-corrected chi connectivity index (χ3v) is 6.18. The average molecular weight is 425 g/mol. The number of amides is 1. The zero-order chi connectivity index (χ0) is 21.9. The van der Waals surface area contributed by atoms with Crippen molar-refractivity contribution < 1.29 is 14.6 Å². The van der Waals surface area contributed by atoms with Crippen LogP contribution in [0.3, 0.4) is 0 Å². The van der Waals surface area contributed by atoms with E-state index in [9.17, 15) is 9.90 Å². The maximum atomic E-state index is 12.4. The molecule has 1 aliphatic heterocycles. The van der Waals surface area contributed by atoms with E-state index in [1.807, 2.05) is 24.3 Å². The van der Waals surface area contributed by atoms with E-state index in [2.05, 4.69) is 17.2 Å². The summed E-state index contributed by atoms with van der Waals surface area (Å²) in [6, 6.07) is 9.46. The predicted octanol–water partition coefficient (Wildman–Crippen LogP) is 5.36. The van der Waals surface area contributed by atoms with Crippen LogP contribution in [0.25, 0.3) is 0 Å². The van der Waals surface area contributed by atoms with E-state index in [1.54, 1.807) is 18.5 Å². The van der Waals surface area contributed by atoms with E-state index < -0.39 is 5.54 Å². The van der Waals surface area contributed by atoms with E-state index >= 15 is 0 Å². The minimum atomic E-state index is -0.953. The Morgan fingerprint density at radius 2 is 1.71 bits per heavy atom. The zero-order valence-corrected chi connectivity index (χ0v) is 18.7. The molecule has 0 radical (unpaired) electrons. The van der Waals surface area contributed by atoms with E-state index in [0.717, 1.165) is 23.3 Å². The molecular weight excluding hydrogens is 388 g/mol.